The number of benzene rings is 2. The van der Waals surface area contributed by atoms with E-state index in [9.17, 15) is 4.79 Å². The first-order chi connectivity index (χ1) is 13.0. The van der Waals surface area contributed by atoms with Gasteiger partial charge in [-0.3, -0.25) is 4.79 Å². The molecule has 3 rings (SSSR count). The Bertz CT molecular complexity index is 916. The van der Waals surface area contributed by atoms with Crippen LogP contribution in [-0.4, -0.2) is 12.5 Å². The molecule has 0 aliphatic carbocycles. The van der Waals surface area contributed by atoms with Crippen molar-refractivity contribution >= 4 is 22.9 Å². The number of hydrogen-bond acceptors (Lipinski definition) is 4. The lowest BCUT2D eigenvalue weighted by Crippen LogP contribution is -2.10. The van der Waals surface area contributed by atoms with Gasteiger partial charge in [0.05, 0.1) is 11.5 Å². The first-order valence-electron chi connectivity index (χ1n) is 8.87. The van der Waals surface area contributed by atoms with Gasteiger partial charge < -0.3 is 14.8 Å². The highest BCUT2D eigenvalue weighted by Crippen LogP contribution is 2.22. The van der Waals surface area contributed by atoms with Gasteiger partial charge in [0.25, 0.3) is 5.91 Å². The van der Waals surface area contributed by atoms with Crippen molar-refractivity contribution in [2.45, 2.75) is 27.4 Å². The number of carbonyl (C=O) groups excluding carboxylic acids is 1. The minimum absolute atomic E-state index is 0.124. The Morgan fingerprint density at radius 1 is 0.963 bits per heavy atom. The molecule has 0 saturated carbocycles. The summed E-state index contributed by atoms with van der Waals surface area (Å²) in [4.78, 5) is 13.1. The molecular weight excluding hydrogens is 358 g/mol. The van der Waals surface area contributed by atoms with Crippen molar-refractivity contribution in [1.82, 2.24) is 0 Å². The Labute approximate surface area is 163 Å². The second-order valence-corrected chi connectivity index (χ2v) is 7.18. The third kappa shape index (κ3) is 5.11. The summed E-state index contributed by atoms with van der Waals surface area (Å²) in [5, 5.41) is 4.86. The fourth-order valence-corrected chi connectivity index (χ4v) is 3.33. The summed E-state index contributed by atoms with van der Waals surface area (Å²) >= 11 is 1.41. The average molecular weight is 381 g/mol. The van der Waals surface area contributed by atoms with Crippen LogP contribution >= 0.6 is 11.3 Å². The molecule has 1 amide bonds. The summed E-state index contributed by atoms with van der Waals surface area (Å²) < 4.78 is 11.2. The molecule has 0 unspecified atom stereocenters. The maximum atomic E-state index is 12.4. The van der Waals surface area contributed by atoms with Gasteiger partial charge in [-0.25, -0.2) is 0 Å². The van der Waals surface area contributed by atoms with Crippen LogP contribution in [-0.2, 0) is 6.61 Å². The van der Waals surface area contributed by atoms with Gasteiger partial charge in [-0.2, -0.15) is 0 Å². The summed E-state index contributed by atoms with van der Waals surface area (Å²) in [5.74, 6) is 1.50. The first kappa shape index (κ1) is 19.0. The Hall–Kier alpha value is -2.79. The molecule has 0 saturated heterocycles. The molecule has 1 aromatic heterocycles. The van der Waals surface area contributed by atoms with E-state index < -0.39 is 0 Å². The minimum atomic E-state index is -0.124. The van der Waals surface area contributed by atoms with Crippen LogP contribution in [0.5, 0.6) is 11.5 Å². The molecule has 0 radical (unpaired) electrons. The lowest BCUT2D eigenvalue weighted by atomic mass is 10.1. The molecule has 0 atom stereocenters. The molecule has 0 aliphatic rings. The lowest BCUT2D eigenvalue weighted by Gasteiger charge is -2.07. The van der Waals surface area contributed by atoms with E-state index in [1.165, 1.54) is 22.5 Å². The number of hydrogen-bond donors (Lipinski definition) is 1. The van der Waals surface area contributed by atoms with E-state index in [1.807, 2.05) is 60.8 Å². The second-order valence-electron chi connectivity index (χ2n) is 6.27. The Balaban J connectivity index is 1.57. The van der Waals surface area contributed by atoms with E-state index >= 15 is 0 Å². The summed E-state index contributed by atoms with van der Waals surface area (Å²) in [6, 6.07) is 15.3. The fourth-order valence-electron chi connectivity index (χ4n) is 2.53. The molecular formula is C22H23NO3S. The van der Waals surface area contributed by atoms with Crippen molar-refractivity contribution in [2.75, 3.05) is 11.9 Å². The molecule has 0 fully saturated rings. The van der Waals surface area contributed by atoms with Crippen LogP contribution in [0, 0.1) is 13.8 Å². The van der Waals surface area contributed by atoms with Crippen LogP contribution in [0.1, 0.15) is 33.3 Å². The highest BCUT2D eigenvalue weighted by molar-refractivity contribution is 7.12. The number of aryl methyl sites for hydroxylation is 2. The quantitative estimate of drug-likeness (QED) is 0.580. The SMILES string of the molecule is CCOc1ccc(NC(=O)c2cc(COc3ccc(C)c(C)c3)cs2)cc1. The first-order valence-corrected chi connectivity index (χ1v) is 9.75. The maximum absolute atomic E-state index is 12.4. The monoisotopic (exact) mass is 381 g/mol. The number of carbonyl (C=O) groups is 1. The molecule has 0 spiro atoms. The summed E-state index contributed by atoms with van der Waals surface area (Å²) in [6.45, 7) is 7.14. The van der Waals surface area contributed by atoms with Crippen molar-refractivity contribution in [3.05, 3.63) is 75.5 Å². The zero-order valence-electron chi connectivity index (χ0n) is 15.7. The number of ether oxygens (including phenoxy) is 2. The lowest BCUT2D eigenvalue weighted by molar-refractivity contribution is 0.103. The van der Waals surface area contributed by atoms with Crippen LogP contribution in [0.25, 0.3) is 0 Å². The van der Waals surface area contributed by atoms with Crippen molar-refractivity contribution in [2.24, 2.45) is 0 Å². The van der Waals surface area contributed by atoms with Crippen LogP contribution in [0.3, 0.4) is 0 Å². The van der Waals surface area contributed by atoms with Crippen LogP contribution in [0.15, 0.2) is 53.9 Å². The van der Waals surface area contributed by atoms with Gasteiger partial charge in [-0.1, -0.05) is 6.07 Å². The largest absolute Gasteiger partial charge is 0.494 e. The molecule has 1 N–H and O–H groups in total. The predicted molar refractivity (Wildman–Crippen MR) is 110 cm³/mol. The zero-order chi connectivity index (χ0) is 19.2. The topological polar surface area (TPSA) is 47.6 Å². The van der Waals surface area contributed by atoms with Crippen molar-refractivity contribution in [3.63, 3.8) is 0 Å². The molecule has 3 aromatic rings. The third-order valence-electron chi connectivity index (χ3n) is 4.18. The molecule has 4 nitrogen and oxygen atoms in total. The molecule has 5 heteroatoms. The summed E-state index contributed by atoms with van der Waals surface area (Å²) in [7, 11) is 0. The fraction of sp³-hybridized carbons (Fsp3) is 0.227. The molecule has 2 aromatic carbocycles. The van der Waals surface area contributed by atoms with Gasteiger partial charge >= 0.3 is 0 Å². The van der Waals surface area contributed by atoms with Gasteiger partial charge in [0.2, 0.25) is 0 Å². The third-order valence-corrected chi connectivity index (χ3v) is 5.16. The maximum Gasteiger partial charge on any atom is 0.265 e. The Morgan fingerprint density at radius 2 is 1.70 bits per heavy atom. The predicted octanol–water partition coefficient (Wildman–Crippen LogP) is 5.59. The highest BCUT2D eigenvalue weighted by Gasteiger charge is 2.10. The van der Waals surface area contributed by atoms with E-state index in [4.69, 9.17) is 9.47 Å². The molecule has 27 heavy (non-hydrogen) atoms. The standard InChI is InChI=1S/C22H23NO3S/c1-4-25-19-9-6-18(7-10-19)23-22(24)21-12-17(14-27-21)13-26-20-8-5-15(2)16(3)11-20/h5-12,14H,4,13H2,1-3H3,(H,23,24). The number of anilines is 1. The van der Waals surface area contributed by atoms with Crippen LogP contribution < -0.4 is 14.8 Å². The van der Waals surface area contributed by atoms with Crippen molar-refractivity contribution in [1.29, 1.82) is 0 Å². The van der Waals surface area contributed by atoms with Gasteiger partial charge in [0.15, 0.2) is 0 Å². The van der Waals surface area contributed by atoms with Crippen LogP contribution in [0.2, 0.25) is 0 Å². The molecule has 1 heterocycles. The normalized spacial score (nSPS) is 10.5. The van der Waals surface area contributed by atoms with Gasteiger partial charge in [-0.05, 0) is 79.7 Å². The van der Waals surface area contributed by atoms with E-state index in [1.54, 1.807) is 0 Å². The number of nitrogens with one attached hydrogen (secondary N) is 1. The zero-order valence-corrected chi connectivity index (χ0v) is 16.6. The van der Waals surface area contributed by atoms with Gasteiger partial charge in [-0.15, -0.1) is 11.3 Å². The van der Waals surface area contributed by atoms with Crippen LogP contribution in [0.4, 0.5) is 5.69 Å². The van der Waals surface area contributed by atoms with Crippen molar-refractivity contribution < 1.29 is 14.3 Å². The molecule has 0 bridgehead atoms. The smallest absolute Gasteiger partial charge is 0.265 e. The van der Waals surface area contributed by atoms with Gasteiger partial charge in [0.1, 0.15) is 18.1 Å². The van der Waals surface area contributed by atoms with Crippen molar-refractivity contribution in [3.8, 4) is 11.5 Å². The van der Waals surface area contributed by atoms with E-state index in [0.29, 0.717) is 18.1 Å². The summed E-state index contributed by atoms with van der Waals surface area (Å²) in [5.41, 5.74) is 4.17. The number of thiophene rings is 1. The molecule has 0 aliphatic heterocycles. The average Bonchev–Trinajstić information content (AvgIpc) is 3.14. The molecule has 140 valence electrons. The second kappa shape index (κ2) is 8.73. The van der Waals surface area contributed by atoms with E-state index in [0.717, 1.165) is 22.7 Å². The number of amides is 1. The highest BCUT2D eigenvalue weighted by atomic mass is 32.1. The van der Waals surface area contributed by atoms with E-state index in [2.05, 4.69) is 19.2 Å². The number of rotatable bonds is 7. The Kier molecular flexibility index (Phi) is 6.14. The Morgan fingerprint density at radius 3 is 2.41 bits per heavy atom. The summed E-state index contributed by atoms with van der Waals surface area (Å²) in [6.07, 6.45) is 0. The van der Waals surface area contributed by atoms with E-state index in [-0.39, 0.29) is 5.91 Å². The van der Waals surface area contributed by atoms with Gasteiger partial charge in [0, 0.05) is 11.3 Å². The minimum Gasteiger partial charge on any atom is -0.494 e.